The number of aliphatic hydroxyl groups excluding tert-OH is 1. The first-order valence-corrected chi connectivity index (χ1v) is 5.62. The van der Waals surface area contributed by atoms with Crippen molar-refractivity contribution in [1.82, 2.24) is 0 Å². The molecule has 14 heavy (non-hydrogen) atoms. The minimum absolute atomic E-state index is 0.0991. The van der Waals surface area contributed by atoms with E-state index in [0.717, 1.165) is 19.3 Å². The average molecular weight is 194 g/mol. The molecule has 0 spiro atoms. The summed E-state index contributed by atoms with van der Waals surface area (Å²) in [7, 11) is 0. The van der Waals surface area contributed by atoms with Crippen LogP contribution in [0, 0.1) is 11.3 Å². The van der Waals surface area contributed by atoms with Crippen molar-refractivity contribution in [3.63, 3.8) is 0 Å². The molecule has 0 fully saturated rings. The van der Waals surface area contributed by atoms with Gasteiger partial charge < -0.3 is 5.11 Å². The molecule has 1 N–H and O–H groups in total. The van der Waals surface area contributed by atoms with E-state index >= 15 is 0 Å². The fourth-order valence-electron chi connectivity index (χ4n) is 2.06. The SMILES string of the molecule is CCCCC(O)C1C=CC=CC1(C)C. The van der Waals surface area contributed by atoms with Gasteiger partial charge in [0.2, 0.25) is 0 Å². The summed E-state index contributed by atoms with van der Waals surface area (Å²) in [5.74, 6) is 0.277. The lowest BCUT2D eigenvalue weighted by molar-refractivity contribution is 0.0730. The molecule has 80 valence electrons. The van der Waals surface area contributed by atoms with Gasteiger partial charge in [-0.15, -0.1) is 0 Å². The summed E-state index contributed by atoms with van der Waals surface area (Å²) < 4.78 is 0. The van der Waals surface area contributed by atoms with E-state index in [4.69, 9.17) is 0 Å². The van der Waals surface area contributed by atoms with Gasteiger partial charge in [0.25, 0.3) is 0 Å². The summed E-state index contributed by atoms with van der Waals surface area (Å²) in [6, 6.07) is 0. The minimum atomic E-state index is -0.189. The molecular weight excluding hydrogens is 172 g/mol. The van der Waals surface area contributed by atoms with Gasteiger partial charge in [0, 0.05) is 5.92 Å². The highest BCUT2D eigenvalue weighted by molar-refractivity contribution is 5.19. The van der Waals surface area contributed by atoms with Gasteiger partial charge in [-0.3, -0.25) is 0 Å². The second-order valence-corrected chi connectivity index (χ2v) is 4.80. The largest absolute Gasteiger partial charge is 0.392 e. The van der Waals surface area contributed by atoms with E-state index in [9.17, 15) is 5.11 Å². The van der Waals surface area contributed by atoms with E-state index in [2.05, 4.69) is 39.0 Å². The van der Waals surface area contributed by atoms with Crippen LogP contribution in [0.25, 0.3) is 0 Å². The Kier molecular flexibility index (Phi) is 3.94. The normalized spacial score (nSPS) is 26.4. The first-order chi connectivity index (χ1) is 6.58. The molecule has 1 aliphatic rings. The van der Waals surface area contributed by atoms with Crippen LogP contribution in [0.2, 0.25) is 0 Å². The van der Waals surface area contributed by atoms with Crippen molar-refractivity contribution in [2.24, 2.45) is 11.3 Å². The highest BCUT2D eigenvalue weighted by Gasteiger charge is 2.31. The predicted molar refractivity (Wildman–Crippen MR) is 61.1 cm³/mol. The average Bonchev–Trinajstić information content (AvgIpc) is 2.13. The number of allylic oxidation sites excluding steroid dienone is 3. The second-order valence-electron chi connectivity index (χ2n) is 4.80. The van der Waals surface area contributed by atoms with Gasteiger partial charge in [-0.25, -0.2) is 0 Å². The first-order valence-electron chi connectivity index (χ1n) is 5.62. The molecular formula is C13H22O. The van der Waals surface area contributed by atoms with Crippen LogP contribution in [0.1, 0.15) is 40.0 Å². The number of unbranched alkanes of at least 4 members (excludes halogenated alkanes) is 1. The van der Waals surface area contributed by atoms with E-state index in [0.29, 0.717) is 0 Å². The molecule has 1 aliphatic carbocycles. The fraction of sp³-hybridized carbons (Fsp3) is 0.692. The van der Waals surface area contributed by atoms with Gasteiger partial charge in [-0.1, -0.05) is 57.9 Å². The van der Waals surface area contributed by atoms with Gasteiger partial charge in [0.1, 0.15) is 0 Å². The fourth-order valence-corrected chi connectivity index (χ4v) is 2.06. The Labute approximate surface area is 87.5 Å². The van der Waals surface area contributed by atoms with Crippen LogP contribution in [0.15, 0.2) is 24.3 Å². The maximum atomic E-state index is 10.1. The van der Waals surface area contributed by atoms with Gasteiger partial charge >= 0.3 is 0 Å². The smallest absolute Gasteiger partial charge is 0.0611 e. The summed E-state index contributed by atoms with van der Waals surface area (Å²) >= 11 is 0. The van der Waals surface area contributed by atoms with Crippen molar-refractivity contribution in [2.75, 3.05) is 0 Å². The van der Waals surface area contributed by atoms with Crippen molar-refractivity contribution in [1.29, 1.82) is 0 Å². The Hall–Kier alpha value is -0.560. The van der Waals surface area contributed by atoms with E-state index in [1.165, 1.54) is 0 Å². The molecule has 1 rings (SSSR count). The number of hydrogen-bond acceptors (Lipinski definition) is 1. The molecule has 0 aromatic rings. The molecule has 0 saturated heterocycles. The zero-order chi connectivity index (χ0) is 10.6. The Balaban J connectivity index is 2.58. The molecule has 0 bridgehead atoms. The van der Waals surface area contributed by atoms with Crippen LogP contribution in [0.3, 0.4) is 0 Å². The van der Waals surface area contributed by atoms with Gasteiger partial charge in [0.15, 0.2) is 0 Å². The van der Waals surface area contributed by atoms with Crippen molar-refractivity contribution in [3.05, 3.63) is 24.3 Å². The second kappa shape index (κ2) is 4.79. The Bertz CT molecular complexity index is 225. The van der Waals surface area contributed by atoms with Crippen LogP contribution >= 0.6 is 0 Å². The zero-order valence-electron chi connectivity index (χ0n) is 9.53. The van der Waals surface area contributed by atoms with Gasteiger partial charge in [-0.05, 0) is 11.8 Å². The standard InChI is InChI=1S/C13H22O/c1-4-5-9-12(14)11-8-6-7-10-13(11,2)3/h6-8,10-12,14H,4-5,9H2,1-3H3. The summed E-state index contributed by atoms with van der Waals surface area (Å²) in [5, 5.41) is 10.1. The monoisotopic (exact) mass is 194 g/mol. The van der Waals surface area contributed by atoms with E-state index < -0.39 is 0 Å². The van der Waals surface area contributed by atoms with Gasteiger partial charge in [0.05, 0.1) is 6.10 Å². The lowest BCUT2D eigenvalue weighted by atomic mass is 9.72. The molecule has 0 amide bonds. The van der Waals surface area contributed by atoms with Crippen LogP contribution < -0.4 is 0 Å². The Morgan fingerprint density at radius 3 is 2.64 bits per heavy atom. The van der Waals surface area contributed by atoms with Crippen molar-refractivity contribution < 1.29 is 5.11 Å². The third kappa shape index (κ3) is 2.71. The minimum Gasteiger partial charge on any atom is -0.392 e. The van der Waals surface area contributed by atoms with E-state index in [1.807, 2.05) is 6.08 Å². The lowest BCUT2D eigenvalue weighted by Gasteiger charge is -2.35. The van der Waals surface area contributed by atoms with Crippen LogP contribution in [-0.4, -0.2) is 11.2 Å². The van der Waals surface area contributed by atoms with Crippen molar-refractivity contribution >= 4 is 0 Å². The van der Waals surface area contributed by atoms with E-state index in [1.54, 1.807) is 0 Å². The third-order valence-corrected chi connectivity index (χ3v) is 3.08. The highest BCUT2D eigenvalue weighted by Crippen LogP contribution is 2.36. The summed E-state index contributed by atoms with van der Waals surface area (Å²) in [4.78, 5) is 0. The maximum absolute atomic E-state index is 10.1. The summed E-state index contributed by atoms with van der Waals surface area (Å²) in [6.07, 6.45) is 11.4. The number of aliphatic hydroxyl groups is 1. The predicted octanol–water partition coefficient (Wildman–Crippen LogP) is 3.31. The number of rotatable bonds is 4. The molecule has 0 radical (unpaired) electrons. The van der Waals surface area contributed by atoms with Crippen LogP contribution in [0.4, 0.5) is 0 Å². The van der Waals surface area contributed by atoms with Crippen molar-refractivity contribution in [3.8, 4) is 0 Å². The summed E-state index contributed by atoms with van der Waals surface area (Å²) in [5.41, 5.74) is 0.0991. The molecule has 0 aliphatic heterocycles. The van der Waals surface area contributed by atoms with E-state index in [-0.39, 0.29) is 17.4 Å². The quantitative estimate of drug-likeness (QED) is 0.728. The third-order valence-electron chi connectivity index (χ3n) is 3.08. The van der Waals surface area contributed by atoms with Crippen LogP contribution in [-0.2, 0) is 0 Å². The van der Waals surface area contributed by atoms with Crippen molar-refractivity contribution in [2.45, 2.75) is 46.1 Å². The molecule has 0 aromatic heterocycles. The number of hydrogen-bond donors (Lipinski definition) is 1. The lowest BCUT2D eigenvalue weighted by Crippen LogP contribution is -2.32. The van der Waals surface area contributed by atoms with Crippen LogP contribution in [0.5, 0.6) is 0 Å². The Morgan fingerprint density at radius 1 is 1.36 bits per heavy atom. The van der Waals surface area contributed by atoms with Gasteiger partial charge in [-0.2, -0.15) is 0 Å². The molecule has 1 heteroatoms. The topological polar surface area (TPSA) is 20.2 Å². The molecule has 0 heterocycles. The Morgan fingerprint density at radius 2 is 2.07 bits per heavy atom. The molecule has 0 aromatic carbocycles. The zero-order valence-corrected chi connectivity index (χ0v) is 9.53. The molecule has 2 atom stereocenters. The molecule has 1 nitrogen and oxygen atoms in total. The first kappa shape index (κ1) is 11.5. The molecule has 2 unspecified atom stereocenters. The highest BCUT2D eigenvalue weighted by atomic mass is 16.3. The molecule has 0 saturated carbocycles. The maximum Gasteiger partial charge on any atom is 0.0611 e. The summed E-state index contributed by atoms with van der Waals surface area (Å²) in [6.45, 7) is 6.54.